The summed E-state index contributed by atoms with van der Waals surface area (Å²) in [7, 11) is 0. The van der Waals surface area contributed by atoms with Gasteiger partial charge in [-0.3, -0.25) is 25.2 Å². The van der Waals surface area contributed by atoms with Gasteiger partial charge in [-0.25, -0.2) is 5.43 Å². The minimum Gasteiger partial charge on any atom is -0.459 e. The van der Waals surface area contributed by atoms with Gasteiger partial charge >= 0.3 is 11.8 Å². The number of fused-ring (bicyclic) bond motifs is 1. The van der Waals surface area contributed by atoms with Gasteiger partial charge in [-0.05, 0) is 50.1 Å². The highest BCUT2D eigenvalue weighted by atomic mass is 35.5. The zero-order chi connectivity index (χ0) is 23.5. The van der Waals surface area contributed by atoms with Gasteiger partial charge in [-0.15, -0.1) is 0 Å². The largest absolute Gasteiger partial charge is 0.459 e. The number of amides is 3. The molecule has 0 aliphatic heterocycles. The first-order valence-electron chi connectivity index (χ1n) is 9.94. The van der Waals surface area contributed by atoms with Gasteiger partial charge in [0, 0.05) is 22.6 Å². The van der Waals surface area contributed by atoms with Crippen LogP contribution in [0.5, 0.6) is 0 Å². The molecule has 0 fully saturated rings. The predicted molar refractivity (Wildman–Crippen MR) is 120 cm³/mol. The second-order valence-electron chi connectivity index (χ2n) is 7.22. The van der Waals surface area contributed by atoms with E-state index in [9.17, 15) is 14.4 Å². The Labute approximate surface area is 198 Å². The highest BCUT2D eigenvalue weighted by Crippen LogP contribution is 2.30. The Bertz CT molecular complexity index is 1260. The molecule has 0 saturated carbocycles. The van der Waals surface area contributed by atoms with E-state index >= 15 is 0 Å². The molecular formula is C22H18Cl2N4O5. The summed E-state index contributed by atoms with van der Waals surface area (Å²) in [6.07, 6.45) is 3.27. The maximum absolute atomic E-state index is 12.6. The van der Waals surface area contributed by atoms with Crippen LogP contribution in [0, 0.1) is 6.92 Å². The molecule has 3 amide bonds. The van der Waals surface area contributed by atoms with Gasteiger partial charge in [0.1, 0.15) is 5.76 Å². The summed E-state index contributed by atoms with van der Waals surface area (Å²) in [5.41, 5.74) is 9.10. The second kappa shape index (κ2) is 9.51. The molecule has 9 nitrogen and oxygen atoms in total. The van der Waals surface area contributed by atoms with Gasteiger partial charge in [-0.2, -0.15) is 5.10 Å². The van der Waals surface area contributed by atoms with E-state index in [0.29, 0.717) is 40.5 Å². The molecule has 0 bridgehead atoms. The van der Waals surface area contributed by atoms with Crippen molar-refractivity contribution in [3.05, 3.63) is 80.6 Å². The number of halogens is 2. The van der Waals surface area contributed by atoms with Crippen LogP contribution in [-0.4, -0.2) is 23.4 Å². The summed E-state index contributed by atoms with van der Waals surface area (Å²) in [6, 6.07) is 7.56. The zero-order valence-corrected chi connectivity index (χ0v) is 18.8. The van der Waals surface area contributed by atoms with E-state index < -0.39 is 17.7 Å². The van der Waals surface area contributed by atoms with E-state index in [2.05, 4.69) is 21.4 Å². The van der Waals surface area contributed by atoms with Gasteiger partial charge in [-0.1, -0.05) is 23.2 Å². The molecule has 33 heavy (non-hydrogen) atoms. The van der Waals surface area contributed by atoms with Gasteiger partial charge in [0.25, 0.3) is 5.91 Å². The minimum absolute atomic E-state index is 0.0430. The summed E-state index contributed by atoms with van der Waals surface area (Å²) in [4.78, 5) is 37.0. The van der Waals surface area contributed by atoms with Gasteiger partial charge in [0.2, 0.25) is 0 Å². The lowest BCUT2D eigenvalue weighted by Crippen LogP contribution is -2.41. The number of carbonyl (C=O) groups is 3. The average molecular weight is 489 g/mol. The van der Waals surface area contributed by atoms with Crippen molar-refractivity contribution in [2.45, 2.75) is 26.2 Å². The molecular weight excluding hydrogens is 471 g/mol. The molecule has 1 aliphatic carbocycles. The van der Waals surface area contributed by atoms with E-state index in [1.54, 1.807) is 19.1 Å². The van der Waals surface area contributed by atoms with Crippen molar-refractivity contribution in [2.24, 2.45) is 5.10 Å². The summed E-state index contributed by atoms with van der Waals surface area (Å²) in [5, 5.41) is 4.88. The molecule has 3 aromatic rings. The topological polar surface area (TPSA) is 126 Å². The van der Waals surface area contributed by atoms with E-state index in [1.807, 2.05) is 0 Å². The van der Waals surface area contributed by atoms with E-state index in [0.717, 1.165) is 6.42 Å². The number of hydrazone groups is 1. The number of hydrogen-bond acceptors (Lipinski definition) is 6. The minimum atomic E-state index is -0.627. The summed E-state index contributed by atoms with van der Waals surface area (Å²) in [5.74, 6) is -1.04. The van der Waals surface area contributed by atoms with Crippen molar-refractivity contribution in [1.82, 2.24) is 16.3 Å². The van der Waals surface area contributed by atoms with E-state index in [-0.39, 0.29) is 22.1 Å². The summed E-state index contributed by atoms with van der Waals surface area (Å²) in [6.45, 7) is 1.71. The van der Waals surface area contributed by atoms with Crippen molar-refractivity contribution in [2.75, 3.05) is 0 Å². The quantitative estimate of drug-likeness (QED) is 0.477. The van der Waals surface area contributed by atoms with Crippen LogP contribution in [0.3, 0.4) is 0 Å². The highest BCUT2D eigenvalue weighted by molar-refractivity contribution is 6.36. The number of aryl methyl sites for hydroxylation is 1. The van der Waals surface area contributed by atoms with Crippen molar-refractivity contribution < 1.29 is 23.2 Å². The van der Waals surface area contributed by atoms with Crippen LogP contribution >= 0.6 is 23.2 Å². The van der Waals surface area contributed by atoms with Crippen LogP contribution in [0.4, 0.5) is 0 Å². The SMILES string of the molecule is Cc1c(C(=O)NNC(=O)c2ccco2)oc2c1/C(=N/NC(=O)c1ccc(Cl)cc1Cl)CCC2. The molecule has 0 radical (unpaired) electrons. The van der Waals surface area contributed by atoms with Crippen LogP contribution in [-0.2, 0) is 6.42 Å². The van der Waals surface area contributed by atoms with Crippen molar-refractivity contribution in [3.63, 3.8) is 0 Å². The zero-order valence-electron chi connectivity index (χ0n) is 17.3. The van der Waals surface area contributed by atoms with Crippen molar-refractivity contribution in [1.29, 1.82) is 0 Å². The number of hydrogen-bond donors (Lipinski definition) is 3. The normalized spacial score (nSPS) is 14.0. The molecule has 4 rings (SSSR count). The Morgan fingerprint density at radius 2 is 1.82 bits per heavy atom. The number of furan rings is 2. The molecule has 0 unspecified atom stereocenters. The fraction of sp³-hybridized carbons (Fsp3) is 0.182. The van der Waals surface area contributed by atoms with Gasteiger partial charge in [0.15, 0.2) is 11.5 Å². The number of nitrogens with one attached hydrogen (secondary N) is 3. The predicted octanol–water partition coefficient (Wildman–Crippen LogP) is 4.03. The van der Waals surface area contributed by atoms with Crippen molar-refractivity contribution in [3.8, 4) is 0 Å². The molecule has 0 spiro atoms. The fourth-order valence-corrected chi connectivity index (χ4v) is 3.98. The van der Waals surface area contributed by atoms with Gasteiger partial charge < -0.3 is 8.83 Å². The Morgan fingerprint density at radius 3 is 2.55 bits per heavy atom. The maximum Gasteiger partial charge on any atom is 0.305 e. The number of carbonyl (C=O) groups excluding carboxylic acids is 3. The fourth-order valence-electron chi connectivity index (χ4n) is 3.49. The molecule has 0 saturated heterocycles. The van der Waals surface area contributed by atoms with Crippen LogP contribution in [0.1, 0.15) is 61.2 Å². The van der Waals surface area contributed by atoms with Crippen LogP contribution < -0.4 is 16.3 Å². The Morgan fingerprint density at radius 1 is 1.03 bits per heavy atom. The molecule has 1 aromatic carbocycles. The lowest BCUT2D eigenvalue weighted by atomic mass is 9.93. The first-order chi connectivity index (χ1) is 15.8. The number of benzene rings is 1. The number of nitrogens with zero attached hydrogens (tertiary/aromatic N) is 1. The molecule has 2 aromatic heterocycles. The molecule has 170 valence electrons. The lowest BCUT2D eigenvalue weighted by molar-refractivity contribution is 0.0815. The molecule has 0 atom stereocenters. The highest BCUT2D eigenvalue weighted by Gasteiger charge is 2.28. The molecule has 11 heteroatoms. The Balaban J connectivity index is 1.50. The first kappa shape index (κ1) is 22.6. The van der Waals surface area contributed by atoms with Crippen molar-refractivity contribution >= 4 is 46.6 Å². The smallest absolute Gasteiger partial charge is 0.305 e. The summed E-state index contributed by atoms with van der Waals surface area (Å²) < 4.78 is 10.7. The third-order valence-corrected chi connectivity index (χ3v) is 5.58. The average Bonchev–Trinajstić information content (AvgIpc) is 3.44. The monoisotopic (exact) mass is 488 g/mol. The standard InChI is InChI=1S/C22H18Cl2N4O5/c1-11-18-15(25-26-20(29)13-8-7-12(23)10-14(13)24)4-2-5-16(18)33-19(11)22(31)28-27-21(30)17-6-3-9-32-17/h3,6-10H,2,4-5H2,1H3,(H,26,29)(H,27,30)(H,28,31)/b25-15+. The van der Waals surface area contributed by atoms with E-state index in [1.165, 1.54) is 24.5 Å². The van der Waals surface area contributed by atoms with Gasteiger partial charge in [0.05, 0.1) is 22.6 Å². The Hall–Kier alpha value is -3.56. The number of hydrazine groups is 1. The first-order valence-corrected chi connectivity index (χ1v) is 10.7. The lowest BCUT2D eigenvalue weighted by Gasteiger charge is -2.13. The summed E-state index contributed by atoms with van der Waals surface area (Å²) >= 11 is 12.0. The van der Waals surface area contributed by atoms with Crippen LogP contribution in [0.2, 0.25) is 10.0 Å². The number of rotatable bonds is 4. The van der Waals surface area contributed by atoms with Crippen LogP contribution in [0.25, 0.3) is 0 Å². The molecule has 1 aliphatic rings. The second-order valence-corrected chi connectivity index (χ2v) is 8.06. The third kappa shape index (κ3) is 4.79. The van der Waals surface area contributed by atoms with E-state index in [4.69, 9.17) is 32.0 Å². The molecule has 2 heterocycles. The molecule has 3 N–H and O–H groups in total. The Kier molecular flexibility index (Phi) is 6.52. The maximum atomic E-state index is 12.6. The third-order valence-electron chi connectivity index (χ3n) is 5.03. The van der Waals surface area contributed by atoms with Crippen LogP contribution in [0.15, 0.2) is 50.5 Å².